The molecule has 0 heterocycles. The molecule has 1 saturated carbocycles. The summed E-state index contributed by atoms with van der Waals surface area (Å²) in [7, 11) is -4.09. The van der Waals surface area contributed by atoms with Crippen molar-refractivity contribution in [3.8, 4) is 0 Å². The third-order valence-electron chi connectivity index (χ3n) is 7.31. The summed E-state index contributed by atoms with van der Waals surface area (Å²) in [5, 5.41) is 3.64. The van der Waals surface area contributed by atoms with E-state index in [1.54, 1.807) is 73.7 Å². The fourth-order valence-corrected chi connectivity index (χ4v) is 6.44. The lowest BCUT2D eigenvalue weighted by atomic mass is 10.1. The summed E-state index contributed by atoms with van der Waals surface area (Å²) in [6.45, 7) is 5.09. The second-order valence-electron chi connectivity index (χ2n) is 10.5. The lowest BCUT2D eigenvalue weighted by Crippen LogP contribution is -2.52. The molecular formula is C31H36ClN3O4S. The van der Waals surface area contributed by atoms with Crippen molar-refractivity contribution in [2.75, 3.05) is 10.8 Å². The second-order valence-corrected chi connectivity index (χ2v) is 12.8. The SMILES string of the molecule is Cc1ccc(S(=O)(=O)N(CC(=O)N(Cc2ccc(Cl)cc2)[C@H](C)C(=O)NC2CCCC2)c2cccc(C)c2)cc1. The molecule has 1 aliphatic carbocycles. The maximum Gasteiger partial charge on any atom is 0.264 e. The van der Waals surface area contributed by atoms with Gasteiger partial charge in [0.25, 0.3) is 10.0 Å². The summed E-state index contributed by atoms with van der Waals surface area (Å²) < 4.78 is 28.9. The Morgan fingerprint density at radius 3 is 2.23 bits per heavy atom. The molecule has 9 heteroatoms. The highest BCUT2D eigenvalue weighted by molar-refractivity contribution is 7.92. The number of carbonyl (C=O) groups is 2. The van der Waals surface area contributed by atoms with Gasteiger partial charge in [0.2, 0.25) is 11.8 Å². The van der Waals surface area contributed by atoms with Gasteiger partial charge in [0.1, 0.15) is 12.6 Å². The number of hydrogen-bond acceptors (Lipinski definition) is 4. The van der Waals surface area contributed by atoms with Gasteiger partial charge in [-0.15, -0.1) is 0 Å². The summed E-state index contributed by atoms with van der Waals surface area (Å²) in [5.74, 6) is -0.737. The van der Waals surface area contributed by atoms with Crippen LogP contribution in [0.4, 0.5) is 5.69 Å². The topological polar surface area (TPSA) is 86.8 Å². The zero-order valence-corrected chi connectivity index (χ0v) is 24.7. The highest BCUT2D eigenvalue weighted by atomic mass is 35.5. The van der Waals surface area contributed by atoms with Gasteiger partial charge in [-0.3, -0.25) is 13.9 Å². The molecule has 3 aromatic carbocycles. The molecule has 3 aromatic rings. The highest BCUT2D eigenvalue weighted by Gasteiger charge is 2.33. The van der Waals surface area contributed by atoms with E-state index in [9.17, 15) is 18.0 Å². The molecule has 212 valence electrons. The van der Waals surface area contributed by atoms with E-state index in [1.165, 1.54) is 4.90 Å². The maximum absolute atomic E-state index is 14.0. The normalized spacial score (nSPS) is 14.5. The first-order chi connectivity index (χ1) is 19.0. The summed E-state index contributed by atoms with van der Waals surface area (Å²) in [4.78, 5) is 28.8. The number of benzene rings is 3. The summed E-state index contributed by atoms with van der Waals surface area (Å²) in [6.07, 6.45) is 3.96. The Morgan fingerprint density at radius 1 is 0.950 bits per heavy atom. The van der Waals surface area contributed by atoms with Crippen molar-refractivity contribution >= 4 is 39.1 Å². The molecule has 0 aromatic heterocycles. The van der Waals surface area contributed by atoms with Crippen molar-refractivity contribution in [2.24, 2.45) is 0 Å². The first kappa shape index (κ1) is 29.6. The Bertz CT molecular complexity index is 1440. The Morgan fingerprint density at radius 2 is 1.60 bits per heavy atom. The monoisotopic (exact) mass is 581 g/mol. The lowest BCUT2D eigenvalue weighted by molar-refractivity contribution is -0.139. The van der Waals surface area contributed by atoms with Crippen LogP contribution in [-0.2, 0) is 26.2 Å². The largest absolute Gasteiger partial charge is 0.352 e. The van der Waals surface area contributed by atoms with E-state index in [2.05, 4.69) is 5.32 Å². The summed E-state index contributed by atoms with van der Waals surface area (Å²) in [6, 6.07) is 19.9. The minimum atomic E-state index is -4.09. The van der Waals surface area contributed by atoms with Crippen LogP contribution >= 0.6 is 11.6 Å². The van der Waals surface area contributed by atoms with Gasteiger partial charge in [0.15, 0.2) is 0 Å². The first-order valence-electron chi connectivity index (χ1n) is 13.5. The molecule has 2 amide bonds. The van der Waals surface area contributed by atoms with Gasteiger partial charge in [-0.25, -0.2) is 8.42 Å². The Hall–Kier alpha value is -3.36. The Kier molecular flexibility index (Phi) is 9.53. The van der Waals surface area contributed by atoms with Gasteiger partial charge in [-0.2, -0.15) is 0 Å². The highest BCUT2D eigenvalue weighted by Crippen LogP contribution is 2.26. The molecule has 0 bridgehead atoms. The van der Waals surface area contributed by atoms with Gasteiger partial charge in [-0.05, 0) is 81.1 Å². The van der Waals surface area contributed by atoms with Gasteiger partial charge >= 0.3 is 0 Å². The summed E-state index contributed by atoms with van der Waals surface area (Å²) in [5.41, 5.74) is 2.94. The number of rotatable bonds is 10. The van der Waals surface area contributed by atoms with Crippen molar-refractivity contribution in [1.29, 1.82) is 0 Å². The molecule has 1 N–H and O–H groups in total. The second kappa shape index (κ2) is 12.9. The third kappa shape index (κ3) is 7.23. The minimum absolute atomic E-state index is 0.0867. The number of carbonyl (C=O) groups excluding carboxylic acids is 2. The smallest absolute Gasteiger partial charge is 0.264 e. The molecule has 1 fully saturated rings. The van der Waals surface area contributed by atoms with E-state index in [0.717, 1.165) is 46.7 Å². The van der Waals surface area contributed by atoms with Crippen molar-refractivity contribution in [1.82, 2.24) is 10.2 Å². The standard InChI is InChI=1S/C31H36ClN3O4S/c1-22-11-17-29(18-12-22)40(38,39)35(28-10-6-7-23(2)19-28)21-30(36)34(20-25-13-15-26(32)16-14-25)24(3)31(37)33-27-8-4-5-9-27/h6-7,10-19,24,27H,4-5,8-9,20-21H2,1-3H3,(H,33,37)/t24-/m1/s1. The van der Waals surface area contributed by atoms with Gasteiger partial charge in [0, 0.05) is 17.6 Å². The first-order valence-corrected chi connectivity index (χ1v) is 15.4. The van der Waals surface area contributed by atoms with E-state index >= 15 is 0 Å². The van der Waals surface area contributed by atoms with E-state index < -0.39 is 28.5 Å². The number of hydrogen-bond donors (Lipinski definition) is 1. The van der Waals surface area contributed by atoms with Crippen LogP contribution < -0.4 is 9.62 Å². The van der Waals surface area contributed by atoms with Crippen molar-refractivity contribution in [2.45, 2.75) is 70.0 Å². The van der Waals surface area contributed by atoms with Gasteiger partial charge in [-0.1, -0.05) is 66.4 Å². The third-order valence-corrected chi connectivity index (χ3v) is 9.35. The van der Waals surface area contributed by atoms with Crippen molar-refractivity contribution in [3.63, 3.8) is 0 Å². The van der Waals surface area contributed by atoms with Crippen LogP contribution in [0, 0.1) is 13.8 Å². The number of amides is 2. The average Bonchev–Trinajstić information content (AvgIpc) is 3.44. The summed E-state index contributed by atoms with van der Waals surface area (Å²) >= 11 is 6.07. The van der Waals surface area contributed by atoms with Gasteiger partial charge < -0.3 is 10.2 Å². The average molecular weight is 582 g/mol. The van der Waals surface area contributed by atoms with Crippen LogP contribution in [0.25, 0.3) is 0 Å². The Balaban J connectivity index is 1.68. The van der Waals surface area contributed by atoms with Crippen molar-refractivity contribution in [3.05, 3.63) is 94.5 Å². The number of nitrogens with one attached hydrogen (secondary N) is 1. The lowest BCUT2D eigenvalue weighted by Gasteiger charge is -2.32. The molecule has 0 radical (unpaired) electrons. The fraction of sp³-hybridized carbons (Fsp3) is 0.355. The minimum Gasteiger partial charge on any atom is -0.352 e. The number of anilines is 1. The van der Waals surface area contributed by atoms with Crippen LogP contribution in [0.3, 0.4) is 0 Å². The molecule has 1 aliphatic rings. The predicted molar refractivity (Wildman–Crippen MR) is 159 cm³/mol. The van der Waals surface area contributed by atoms with E-state index in [1.807, 2.05) is 19.9 Å². The molecular weight excluding hydrogens is 546 g/mol. The molecule has 0 spiro atoms. The number of halogens is 1. The van der Waals surface area contributed by atoms with Gasteiger partial charge in [0.05, 0.1) is 10.6 Å². The maximum atomic E-state index is 14.0. The molecule has 1 atom stereocenters. The number of aryl methyl sites for hydroxylation is 2. The fourth-order valence-electron chi connectivity index (χ4n) is 4.91. The molecule has 40 heavy (non-hydrogen) atoms. The predicted octanol–water partition coefficient (Wildman–Crippen LogP) is 5.63. The number of sulfonamides is 1. The quantitative estimate of drug-likeness (QED) is 0.336. The van der Waals surface area contributed by atoms with E-state index in [-0.39, 0.29) is 23.4 Å². The van der Waals surface area contributed by atoms with Crippen LogP contribution in [0.2, 0.25) is 5.02 Å². The van der Waals surface area contributed by atoms with Crippen LogP contribution in [0.1, 0.15) is 49.3 Å². The number of nitrogens with zero attached hydrogens (tertiary/aromatic N) is 2. The Labute approximate surface area is 242 Å². The molecule has 0 saturated heterocycles. The van der Waals surface area contributed by atoms with E-state index in [4.69, 9.17) is 11.6 Å². The molecule has 4 rings (SSSR count). The van der Waals surface area contributed by atoms with E-state index in [0.29, 0.717) is 10.7 Å². The van der Waals surface area contributed by atoms with Crippen molar-refractivity contribution < 1.29 is 18.0 Å². The van der Waals surface area contributed by atoms with Crippen LogP contribution in [-0.4, -0.2) is 43.8 Å². The zero-order chi connectivity index (χ0) is 28.9. The molecule has 0 aliphatic heterocycles. The molecule has 0 unspecified atom stereocenters. The van der Waals surface area contributed by atoms with Crippen LogP contribution in [0.15, 0.2) is 77.7 Å². The van der Waals surface area contributed by atoms with Crippen LogP contribution in [0.5, 0.6) is 0 Å². The molecule has 7 nitrogen and oxygen atoms in total. The zero-order valence-electron chi connectivity index (χ0n) is 23.1.